The Morgan fingerprint density at radius 1 is 0.947 bits per heavy atom. The number of halogens is 1. The van der Waals surface area contributed by atoms with Crippen LogP contribution >= 0.6 is 11.6 Å². The lowest BCUT2D eigenvalue weighted by Crippen LogP contribution is -2.00. The van der Waals surface area contributed by atoms with Crippen LogP contribution in [0.3, 0.4) is 0 Å². The van der Waals surface area contributed by atoms with E-state index in [1.165, 1.54) is 0 Å². The van der Waals surface area contributed by atoms with Crippen molar-refractivity contribution in [3.63, 3.8) is 0 Å². The fraction of sp³-hybridized carbons (Fsp3) is 0.0625. The second-order valence-corrected chi connectivity index (χ2v) is 4.81. The third-order valence-corrected chi connectivity index (χ3v) is 3.42. The molecule has 3 rings (SSSR count). The van der Waals surface area contributed by atoms with Crippen LogP contribution in [-0.2, 0) is 0 Å². The van der Waals surface area contributed by atoms with Gasteiger partial charge in [0, 0.05) is 16.6 Å². The number of rotatable bonds is 2. The monoisotopic (exact) mass is 269 g/mol. The molecule has 2 nitrogen and oxygen atoms in total. The SMILES string of the molecule is OC(c1ccc(Cl)cc1)c1ccnc2ccccc12. The van der Waals surface area contributed by atoms with Crippen LogP contribution in [0.2, 0.25) is 5.02 Å². The van der Waals surface area contributed by atoms with Gasteiger partial charge in [-0.25, -0.2) is 0 Å². The van der Waals surface area contributed by atoms with Gasteiger partial charge in [-0.05, 0) is 35.4 Å². The van der Waals surface area contributed by atoms with E-state index in [2.05, 4.69) is 4.98 Å². The molecule has 0 aliphatic carbocycles. The summed E-state index contributed by atoms with van der Waals surface area (Å²) in [6.45, 7) is 0. The van der Waals surface area contributed by atoms with Crippen molar-refractivity contribution in [1.82, 2.24) is 4.98 Å². The average molecular weight is 270 g/mol. The fourth-order valence-electron chi connectivity index (χ4n) is 2.18. The number of aliphatic hydroxyl groups excluding tert-OH is 1. The van der Waals surface area contributed by atoms with Gasteiger partial charge < -0.3 is 5.11 Å². The maximum absolute atomic E-state index is 10.5. The molecule has 19 heavy (non-hydrogen) atoms. The summed E-state index contributed by atoms with van der Waals surface area (Å²) in [4.78, 5) is 4.30. The third kappa shape index (κ3) is 2.33. The van der Waals surface area contributed by atoms with Crippen molar-refractivity contribution in [3.8, 4) is 0 Å². The topological polar surface area (TPSA) is 33.1 Å². The Bertz CT molecular complexity index is 704. The molecule has 1 aromatic heterocycles. The first-order chi connectivity index (χ1) is 9.25. The van der Waals surface area contributed by atoms with Crippen LogP contribution in [0.4, 0.5) is 0 Å². The molecule has 1 heterocycles. The standard InChI is InChI=1S/C16H12ClNO/c17-12-7-5-11(6-8-12)16(19)14-9-10-18-15-4-2-1-3-13(14)15/h1-10,16,19H. The zero-order chi connectivity index (χ0) is 13.2. The molecular weight excluding hydrogens is 258 g/mol. The van der Waals surface area contributed by atoms with Crippen molar-refractivity contribution in [2.75, 3.05) is 0 Å². The van der Waals surface area contributed by atoms with Crippen molar-refractivity contribution in [2.45, 2.75) is 6.10 Å². The smallest absolute Gasteiger partial charge is 0.105 e. The molecule has 0 aliphatic heterocycles. The van der Waals surface area contributed by atoms with Gasteiger partial charge in [0.05, 0.1) is 5.52 Å². The Hall–Kier alpha value is -1.90. The molecule has 0 amide bonds. The van der Waals surface area contributed by atoms with Crippen molar-refractivity contribution in [1.29, 1.82) is 0 Å². The molecule has 0 spiro atoms. The summed E-state index contributed by atoms with van der Waals surface area (Å²) in [7, 11) is 0. The number of benzene rings is 2. The van der Waals surface area contributed by atoms with Crippen LogP contribution in [0.25, 0.3) is 10.9 Å². The minimum absolute atomic E-state index is 0.663. The van der Waals surface area contributed by atoms with Crippen molar-refractivity contribution < 1.29 is 5.11 Å². The number of hydrogen-bond acceptors (Lipinski definition) is 2. The van der Waals surface area contributed by atoms with Gasteiger partial charge in [-0.2, -0.15) is 0 Å². The Balaban J connectivity index is 2.11. The Morgan fingerprint density at radius 2 is 1.68 bits per heavy atom. The number of fused-ring (bicyclic) bond motifs is 1. The molecule has 0 fully saturated rings. The van der Waals surface area contributed by atoms with E-state index in [4.69, 9.17) is 11.6 Å². The minimum Gasteiger partial charge on any atom is -0.384 e. The number of nitrogens with zero attached hydrogens (tertiary/aromatic N) is 1. The average Bonchev–Trinajstić information content (AvgIpc) is 2.47. The highest BCUT2D eigenvalue weighted by molar-refractivity contribution is 6.30. The van der Waals surface area contributed by atoms with E-state index in [-0.39, 0.29) is 0 Å². The zero-order valence-corrected chi connectivity index (χ0v) is 10.9. The van der Waals surface area contributed by atoms with Gasteiger partial charge in [0.2, 0.25) is 0 Å². The van der Waals surface area contributed by atoms with Crippen LogP contribution in [-0.4, -0.2) is 10.1 Å². The molecule has 3 heteroatoms. The first kappa shape index (κ1) is 12.2. The van der Waals surface area contributed by atoms with Crippen LogP contribution in [0.5, 0.6) is 0 Å². The molecule has 1 unspecified atom stereocenters. The van der Waals surface area contributed by atoms with Crippen LogP contribution in [0.15, 0.2) is 60.8 Å². The van der Waals surface area contributed by atoms with E-state index in [0.717, 1.165) is 22.0 Å². The quantitative estimate of drug-likeness (QED) is 0.764. The van der Waals surface area contributed by atoms with E-state index >= 15 is 0 Å². The van der Waals surface area contributed by atoms with E-state index in [1.54, 1.807) is 18.3 Å². The van der Waals surface area contributed by atoms with Gasteiger partial charge in [-0.3, -0.25) is 4.98 Å². The lowest BCUT2D eigenvalue weighted by molar-refractivity contribution is 0.222. The Kier molecular flexibility index (Phi) is 3.20. The molecule has 0 radical (unpaired) electrons. The maximum Gasteiger partial charge on any atom is 0.105 e. The highest BCUT2D eigenvalue weighted by Gasteiger charge is 2.13. The van der Waals surface area contributed by atoms with E-state index in [0.29, 0.717) is 5.02 Å². The summed E-state index contributed by atoms with van der Waals surface area (Å²) in [5, 5.41) is 12.1. The molecule has 0 saturated heterocycles. The van der Waals surface area contributed by atoms with Gasteiger partial charge in [-0.15, -0.1) is 0 Å². The normalized spacial score (nSPS) is 12.5. The molecule has 0 aliphatic rings. The summed E-state index contributed by atoms with van der Waals surface area (Å²) in [5.41, 5.74) is 2.56. The zero-order valence-electron chi connectivity index (χ0n) is 10.1. The number of aromatic nitrogens is 1. The molecule has 2 aromatic carbocycles. The molecular formula is C16H12ClNO. The first-order valence-electron chi connectivity index (χ1n) is 6.03. The van der Waals surface area contributed by atoms with E-state index in [9.17, 15) is 5.11 Å². The molecule has 3 aromatic rings. The lowest BCUT2D eigenvalue weighted by Gasteiger charge is -2.13. The number of aliphatic hydroxyl groups is 1. The van der Waals surface area contributed by atoms with E-state index < -0.39 is 6.10 Å². The van der Waals surface area contributed by atoms with E-state index in [1.807, 2.05) is 42.5 Å². The molecule has 1 atom stereocenters. The maximum atomic E-state index is 10.5. The van der Waals surface area contributed by atoms with Gasteiger partial charge in [0.15, 0.2) is 0 Å². The van der Waals surface area contributed by atoms with Crippen molar-refractivity contribution in [2.24, 2.45) is 0 Å². The largest absolute Gasteiger partial charge is 0.384 e. The summed E-state index contributed by atoms with van der Waals surface area (Å²) >= 11 is 5.87. The number of pyridine rings is 1. The van der Waals surface area contributed by atoms with Gasteiger partial charge >= 0.3 is 0 Å². The van der Waals surface area contributed by atoms with Gasteiger partial charge in [0.25, 0.3) is 0 Å². The van der Waals surface area contributed by atoms with Crippen molar-refractivity contribution in [3.05, 3.63) is 76.9 Å². The lowest BCUT2D eigenvalue weighted by atomic mass is 9.98. The molecule has 0 bridgehead atoms. The van der Waals surface area contributed by atoms with Crippen LogP contribution in [0, 0.1) is 0 Å². The highest BCUT2D eigenvalue weighted by atomic mass is 35.5. The summed E-state index contributed by atoms with van der Waals surface area (Å²) < 4.78 is 0. The summed E-state index contributed by atoms with van der Waals surface area (Å²) in [6.07, 6.45) is 1.04. The first-order valence-corrected chi connectivity index (χ1v) is 6.41. The molecule has 0 saturated carbocycles. The minimum atomic E-state index is -0.676. The second kappa shape index (κ2) is 5.00. The predicted octanol–water partition coefficient (Wildman–Crippen LogP) is 3.97. The number of para-hydroxylation sites is 1. The predicted molar refractivity (Wildman–Crippen MR) is 77.3 cm³/mol. The Labute approximate surface area is 116 Å². The Morgan fingerprint density at radius 3 is 2.47 bits per heavy atom. The molecule has 94 valence electrons. The van der Waals surface area contributed by atoms with Crippen molar-refractivity contribution >= 4 is 22.5 Å². The highest BCUT2D eigenvalue weighted by Crippen LogP contribution is 2.28. The van der Waals surface area contributed by atoms with Gasteiger partial charge in [0.1, 0.15) is 6.10 Å². The molecule has 1 N–H and O–H groups in total. The third-order valence-electron chi connectivity index (χ3n) is 3.16. The summed E-state index contributed by atoms with van der Waals surface area (Å²) in [6, 6.07) is 16.9. The van der Waals surface area contributed by atoms with Gasteiger partial charge in [-0.1, -0.05) is 41.9 Å². The van der Waals surface area contributed by atoms with Crippen LogP contribution in [0.1, 0.15) is 17.2 Å². The number of hydrogen-bond donors (Lipinski definition) is 1. The second-order valence-electron chi connectivity index (χ2n) is 4.37. The van der Waals surface area contributed by atoms with Crippen LogP contribution < -0.4 is 0 Å². The summed E-state index contributed by atoms with van der Waals surface area (Å²) in [5.74, 6) is 0. The fourth-order valence-corrected chi connectivity index (χ4v) is 2.31.